The van der Waals surface area contributed by atoms with E-state index in [9.17, 15) is 9.90 Å². The number of hydrogen-bond donors (Lipinski definition) is 2. The van der Waals surface area contributed by atoms with Gasteiger partial charge in [-0.25, -0.2) is 0 Å². The third-order valence-electron chi connectivity index (χ3n) is 4.11. The van der Waals surface area contributed by atoms with E-state index in [0.717, 1.165) is 11.1 Å². The van der Waals surface area contributed by atoms with Crippen LogP contribution < -0.4 is 5.32 Å². The minimum absolute atomic E-state index is 0.137. The smallest absolute Gasteiger partial charge is 0.230 e. The van der Waals surface area contributed by atoms with Crippen molar-refractivity contribution in [2.24, 2.45) is 0 Å². The summed E-state index contributed by atoms with van der Waals surface area (Å²) in [6.45, 7) is 5.51. The van der Waals surface area contributed by atoms with Crippen molar-refractivity contribution >= 4 is 17.5 Å². The highest BCUT2D eigenvalue weighted by atomic mass is 35.5. The second kappa shape index (κ2) is 7.16. The van der Waals surface area contributed by atoms with E-state index in [1.807, 2.05) is 56.3 Å². The highest BCUT2D eigenvalue weighted by molar-refractivity contribution is 6.30. The minimum Gasteiger partial charge on any atom is -0.386 e. The predicted octanol–water partition coefficient (Wildman–Crippen LogP) is 3.86. The Morgan fingerprint density at radius 2 is 1.65 bits per heavy atom. The van der Waals surface area contributed by atoms with Crippen LogP contribution in [0.15, 0.2) is 54.6 Å². The molecule has 0 aromatic heterocycles. The Morgan fingerprint density at radius 3 is 2.22 bits per heavy atom. The van der Waals surface area contributed by atoms with E-state index in [2.05, 4.69) is 5.32 Å². The van der Waals surface area contributed by atoms with Crippen LogP contribution in [-0.4, -0.2) is 17.1 Å². The fraction of sp³-hybridized carbons (Fsp3) is 0.316. The number of halogens is 1. The Hall–Kier alpha value is -1.84. The molecule has 2 N–H and O–H groups in total. The molecule has 0 heterocycles. The van der Waals surface area contributed by atoms with Gasteiger partial charge >= 0.3 is 0 Å². The number of hydrogen-bond acceptors (Lipinski definition) is 2. The largest absolute Gasteiger partial charge is 0.386 e. The van der Waals surface area contributed by atoms with Crippen LogP contribution in [0.4, 0.5) is 0 Å². The molecule has 0 bridgehead atoms. The van der Waals surface area contributed by atoms with Crippen molar-refractivity contribution in [3.63, 3.8) is 0 Å². The number of aliphatic hydroxyl groups excluding tert-OH is 1. The van der Waals surface area contributed by atoms with Gasteiger partial charge in [0.25, 0.3) is 0 Å². The zero-order valence-corrected chi connectivity index (χ0v) is 14.3. The van der Waals surface area contributed by atoms with Crippen LogP contribution >= 0.6 is 11.6 Å². The summed E-state index contributed by atoms with van der Waals surface area (Å²) in [6.07, 6.45) is -0.749. The van der Waals surface area contributed by atoms with Gasteiger partial charge in [-0.05, 0) is 44.0 Å². The molecule has 0 spiro atoms. The van der Waals surface area contributed by atoms with Crippen molar-refractivity contribution in [3.05, 3.63) is 70.7 Å². The lowest BCUT2D eigenvalue weighted by atomic mass is 9.83. The molecule has 2 aromatic rings. The number of carbonyl (C=O) groups excluding carboxylic acids is 1. The molecule has 3 nitrogen and oxygen atoms in total. The monoisotopic (exact) mass is 331 g/mol. The normalized spacial score (nSPS) is 14.1. The number of nitrogens with one attached hydrogen (secondary N) is 1. The molecular formula is C19H22ClNO2. The quantitative estimate of drug-likeness (QED) is 0.874. The first-order chi connectivity index (χ1) is 10.8. The number of rotatable bonds is 5. The summed E-state index contributed by atoms with van der Waals surface area (Å²) in [5, 5.41) is 13.9. The lowest BCUT2D eigenvalue weighted by Crippen LogP contribution is -2.46. The molecule has 2 atom stereocenters. The van der Waals surface area contributed by atoms with E-state index in [-0.39, 0.29) is 5.91 Å². The fourth-order valence-corrected chi connectivity index (χ4v) is 2.53. The van der Waals surface area contributed by atoms with Gasteiger partial charge in [-0.1, -0.05) is 54.1 Å². The number of aliphatic hydroxyl groups is 1. The van der Waals surface area contributed by atoms with Gasteiger partial charge in [0.05, 0.1) is 17.6 Å². The average molecular weight is 332 g/mol. The van der Waals surface area contributed by atoms with Gasteiger partial charge < -0.3 is 10.4 Å². The van der Waals surface area contributed by atoms with Crippen molar-refractivity contribution in [2.75, 3.05) is 0 Å². The lowest BCUT2D eigenvalue weighted by Gasteiger charge is -2.28. The second-order valence-corrected chi connectivity index (χ2v) is 6.69. The minimum atomic E-state index is -0.749. The predicted molar refractivity (Wildman–Crippen MR) is 93.5 cm³/mol. The number of benzene rings is 2. The Kier molecular flexibility index (Phi) is 5.45. The Labute approximate surface area is 142 Å². The summed E-state index contributed by atoms with van der Waals surface area (Å²) < 4.78 is 0. The summed E-state index contributed by atoms with van der Waals surface area (Å²) in [6, 6.07) is 16.2. The summed E-state index contributed by atoms with van der Waals surface area (Å²) in [5.41, 5.74) is 0.945. The Balaban J connectivity index is 2.09. The van der Waals surface area contributed by atoms with Crippen LogP contribution in [0.25, 0.3) is 0 Å². The van der Waals surface area contributed by atoms with Crippen molar-refractivity contribution < 1.29 is 9.90 Å². The molecule has 0 saturated heterocycles. The summed E-state index contributed by atoms with van der Waals surface area (Å²) in [7, 11) is 0. The maximum absolute atomic E-state index is 12.6. The first kappa shape index (κ1) is 17.5. The molecule has 23 heavy (non-hydrogen) atoms. The molecule has 0 saturated carbocycles. The molecule has 0 aliphatic heterocycles. The molecule has 0 aliphatic rings. The van der Waals surface area contributed by atoms with Crippen LogP contribution in [0.2, 0.25) is 5.02 Å². The third kappa shape index (κ3) is 4.12. The molecular weight excluding hydrogens is 310 g/mol. The zero-order chi connectivity index (χ0) is 17.0. The van der Waals surface area contributed by atoms with Gasteiger partial charge in [-0.2, -0.15) is 0 Å². The van der Waals surface area contributed by atoms with Crippen molar-refractivity contribution in [3.8, 4) is 0 Å². The summed E-state index contributed by atoms with van der Waals surface area (Å²) in [4.78, 5) is 12.6. The lowest BCUT2D eigenvalue weighted by molar-refractivity contribution is -0.127. The Bertz CT molecular complexity index is 653. The van der Waals surface area contributed by atoms with E-state index >= 15 is 0 Å². The van der Waals surface area contributed by atoms with Crippen LogP contribution in [-0.2, 0) is 10.2 Å². The van der Waals surface area contributed by atoms with Crippen LogP contribution in [0.3, 0.4) is 0 Å². The van der Waals surface area contributed by atoms with Crippen LogP contribution in [0, 0.1) is 0 Å². The topological polar surface area (TPSA) is 49.3 Å². The first-order valence-corrected chi connectivity index (χ1v) is 8.00. The number of amides is 1. The van der Waals surface area contributed by atoms with E-state index in [1.54, 1.807) is 19.1 Å². The van der Waals surface area contributed by atoms with Gasteiger partial charge in [0.15, 0.2) is 0 Å². The summed E-state index contributed by atoms with van der Waals surface area (Å²) in [5.74, 6) is -0.137. The summed E-state index contributed by atoms with van der Waals surface area (Å²) >= 11 is 5.90. The van der Waals surface area contributed by atoms with Crippen molar-refractivity contribution in [2.45, 2.75) is 38.3 Å². The van der Waals surface area contributed by atoms with Gasteiger partial charge in [0.2, 0.25) is 5.91 Å². The molecule has 122 valence electrons. The Morgan fingerprint density at radius 1 is 1.09 bits per heavy atom. The SMILES string of the molecule is C[C@H](NC(=O)C(C)(C)c1ccc(Cl)cc1)[C@@H](O)c1ccccc1. The van der Waals surface area contributed by atoms with Gasteiger partial charge in [0, 0.05) is 5.02 Å². The van der Waals surface area contributed by atoms with Gasteiger partial charge in [-0.3, -0.25) is 4.79 Å². The highest BCUT2D eigenvalue weighted by Gasteiger charge is 2.31. The maximum Gasteiger partial charge on any atom is 0.230 e. The second-order valence-electron chi connectivity index (χ2n) is 6.25. The van der Waals surface area contributed by atoms with Crippen LogP contribution in [0.5, 0.6) is 0 Å². The average Bonchev–Trinajstić information content (AvgIpc) is 2.55. The molecule has 2 aromatic carbocycles. The van der Waals surface area contributed by atoms with E-state index in [1.165, 1.54) is 0 Å². The fourth-order valence-electron chi connectivity index (χ4n) is 2.40. The first-order valence-electron chi connectivity index (χ1n) is 7.62. The van der Waals surface area contributed by atoms with E-state index in [0.29, 0.717) is 5.02 Å². The molecule has 0 unspecified atom stereocenters. The zero-order valence-electron chi connectivity index (χ0n) is 13.6. The third-order valence-corrected chi connectivity index (χ3v) is 4.36. The van der Waals surface area contributed by atoms with Crippen LogP contribution in [0.1, 0.15) is 38.0 Å². The molecule has 0 radical (unpaired) electrons. The molecule has 4 heteroatoms. The molecule has 2 rings (SSSR count). The van der Waals surface area contributed by atoms with Gasteiger partial charge in [-0.15, -0.1) is 0 Å². The maximum atomic E-state index is 12.6. The standard InChI is InChI=1S/C19H22ClNO2/c1-13(17(22)14-7-5-4-6-8-14)21-18(23)19(2,3)15-9-11-16(20)12-10-15/h4-13,17,22H,1-3H3,(H,21,23)/t13-,17+/m0/s1. The molecule has 0 aliphatic carbocycles. The highest BCUT2D eigenvalue weighted by Crippen LogP contribution is 2.26. The van der Waals surface area contributed by atoms with Crippen molar-refractivity contribution in [1.29, 1.82) is 0 Å². The molecule has 1 amide bonds. The molecule has 0 fully saturated rings. The van der Waals surface area contributed by atoms with Gasteiger partial charge in [0.1, 0.15) is 0 Å². The van der Waals surface area contributed by atoms with E-state index in [4.69, 9.17) is 11.6 Å². The number of carbonyl (C=O) groups is 1. The van der Waals surface area contributed by atoms with Crippen molar-refractivity contribution in [1.82, 2.24) is 5.32 Å². The van der Waals surface area contributed by atoms with E-state index < -0.39 is 17.6 Å².